The van der Waals surface area contributed by atoms with Crippen molar-refractivity contribution in [2.75, 3.05) is 11.9 Å². The topological polar surface area (TPSA) is 55.1 Å². The maximum Gasteiger partial charge on any atom is 0.433 e. The summed E-state index contributed by atoms with van der Waals surface area (Å²) in [6.45, 7) is 4.33. The SMILES string of the molecule is CCC(CNc1cc(C(F)(F)F)nc(-c2cn3ccnc3cc2C)n1)c1ccccc1. The Balaban J connectivity index is 1.70. The zero-order valence-corrected chi connectivity index (χ0v) is 17.2. The van der Waals surface area contributed by atoms with Gasteiger partial charge < -0.3 is 9.72 Å². The van der Waals surface area contributed by atoms with Crippen LogP contribution in [-0.2, 0) is 6.18 Å². The van der Waals surface area contributed by atoms with E-state index < -0.39 is 11.9 Å². The maximum atomic E-state index is 13.6. The molecule has 0 aliphatic rings. The molecule has 5 nitrogen and oxygen atoms in total. The van der Waals surface area contributed by atoms with Gasteiger partial charge in [-0.3, -0.25) is 0 Å². The van der Waals surface area contributed by atoms with Crippen LogP contribution in [0.5, 0.6) is 0 Å². The molecule has 0 bridgehead atoms. The van der Waals surface area contributed by atoms with E-state index in [1.54, 1.807) is 29.1 Å². The summed E-state index contributed by atoms with van der Waals surface area (Å²) in [5.74, 6) is 0.327. The molecule has 0 saturated carbocycles. The van der Waals surface area contributed by atoms with Crippen molar-refractivity contribution in [2.45, 2.75) is 32.4 Å². The summed E-state index contributed by atoms with van der Waals surface area (Å²) in [4.78, 5) is 12.4. The van der Waals surface area contributed by atoms with E-state index in [9.17, 15) is 13.2 Å². The van der Waals surface area contributed by atoms with Gasteiger partial charge in [-0.1, -0.05) is 37.3 Å². The number of fused-ring (bicyclic) bond motifs is 1. The molecule has 0 saturated heterocycles. The number of nitrogens with zero attached hydrogens (tertiary/aromatic N) is 4. The summed E-state index contributed by atoms with van der Waals surface area (Å²) in [5, 5.41) is 3.10. The number of pyridine rings is 1. The number of rotatable bonds is 6. The zero-order chi connectivity index (χ0) is 22.0. The van der Waals surface area contributed by atoms with Crippen LogP contribution >= 0.6 is 0 Å². The Bertz CT molecular complexity index is 1190. The predicted octanol–water partition coefficient (Wildman–Crippen LogP) is 5.72. The molecule has 4 aromatic rings. The summed E-state index contributed by atoms with van der Waals surface area (Å²) in [5.41, 5.74) is 2.14. The summed E-state index contributed by atoms with van der Waals surface area (Å²) in [6.07, 6.45) is 1.34. The quantitative estimate of drug-likeness (QED) is 0.429. The van der Waals surface area contributed by atoms with Crippen molar-refractivity contribution < 1.29 is 13.2 Å². The third kappa shape index (κ3) is 4.52. The number of alkyl halides is 3. The molecule has 1 aromatic carbocycles. The van der Waals surface area contributed by atoms with Gasteiger partial charge >= 0.3 is 6.18 Å². The molecule has 0 amide bonds. The average molecular weight is 425 g/mol. The highest BCUT2D eigenvalue weighted by Gasteiger charge is 2.34. The summed E-state index contributed by atoms with van der Waals surface area (Å²) >= 11 is 0. The van der Waals surface area contributed by atoms with Crippen LogP contribution in [0, 0.1) is 6.92 Å². The first-order chi connectivity index (χ1) is 14.8. The summed E-state index contributed by atoms with van der Waals surface area (Å²) in [6, 6.07) is 12.7. The summed E-state index contributed by atoms with van der Waals surface area (Å²) < 4.78 is 42.4. The highest BCUT2D eigenvalue weighted by molar-refractivity contribution is 5.64. The van der Waals surface area contributed by atoms with Gasteiger partial charge in [0.2, 0.25) is 0 Å². The molecular weight excluding hydrogens is 403 g/mol. The van der Waals surface area contributed by atoms with Crippen molar-refractivity contribution in [2.24, 2.45) is 0 Å². The largest absolute Gasteiger partial charge is 0.433 e. The second-order valence-electron chi connectivity index (χ2n) is 7.42. The Morgan fingerprint density at radius 3 is 2.58 bits per heavy atom. The first-order valence-electron chi connectivity index (χ1n) is 10.0. The minimum atomic E-state index is -4.58. The van der Waals surface area contributed by atoms with E-state index in [0.717, 1.165) is 23.6 Å². The number of nitrogens with one attached hydrogen (secondary N) is 1. The molecule has 0 spiro atoms. The van der Waals surface area contributed by atoms with Crippen LogP contribution in [0.2, 0.25) is 0 Å². The Kier molecular flexibility index (Phi) is 5.63. The smallest absolute Gasteiger partial charge is 0.369 e. The molecular formula is C23H22F3N5. The summed E-state index contributed by atoms with van der Waals surface area (Å²) in [7, 11) is 0. The number of aromatic nitrogens is 4. The Morgan fingerprint density at radius 2 is 1.87 bits per heavy atom. The van der Waals surface area contributed by atoms with Gasteiger partial charge in [-0.15, -0.1) is 0 Å². The molecule has 0 aliphatic heterocycles. The monoisotopic (exact) mass is 425 g/mol. The molecule has 0 fully saturated rings. The van der Waals surface area contributed by atoms with Crippen LogP contribution in [0.25, 0.3) is 17.0 Å². The van der Waals surface area contributed by atoms with Crippen molar-refractivity contribution in [1.82, 2.24) is 19.4 Å². The number of aryl methyl sites for hydroxylation is 1. The number of imidazole rings is 1. The second kappa shape index (κ2) is 8.37. The fraction of sp³-hybridized carbons (Fsp3) is 0.261. The first kappa shape index (κ1) is 20.8. The maximum absolute atomic E-state index is 13.6. The molecule has 31 heavy (non-hydrogen) atoms. The number of hydrogen-bond acceptors (Lipinski definition) is 4. The van der Waals surface area contributed by atoms with Gasteiger partial charge in [0, 0.05) is 42.7 Å². The van der Waals surface area contributed by atoms with E-state index in [0.29, 0.717) is 17.8 Å². The van der Waals surface area contributed by atoms with E-state index in [2.05, 4.69) is 27.2 Å². The van der Waals surface area contributed by atoms with Gasteiger partial charge in [-0.2, -0.15) is 13.2 Å². The Hall–Kier alpha value is -3.42. The van der Waals surface area contributed by atoms with Gasteiger partial charge in [0.25, 0.3) is 0 Å². The van der Waals surface area contributed by atoms with Crippen LogP contribution in [-0.4, -0.2) is 25.9 Å². The van der Waals surface area contributed by atoms with Crippen molar-refractivity contribution in [1.29, 1.82) is 0 Å². The molecule has 1 N–H and O–H groups in total. The van der Waals surface area contributed by atoms with Crippen LogP contribution in [0.1, 0.15) is 36.1 Å². The molecule has 8 heteroatoms. The molecule has 160 valence electrons. The minimum Gasteiger partial charge on any atom is -0.369 e. The van der Waals surface area contributed by atoms with Crippen molar-refractivity contribution in [3.8, 4) is 11.4 Å². The molecule has 0 radical (unpaired) electrons. The standard InChI is InChI=1S/C23H22F3N5/c1-3-16(17-7-5-4-6-8-17)13-28-20-12-19(23(24,25)26)29-22(30-20)18-14-31-10-9-27-21(31)11-15(18)2/h4-12,14,16H,3,13H2,1-2H3,(H,28,29,30). The van der Waals surface area contributed by atoms with E-state index in [1.807, 2.05) is 37.3 Å². The molecule has 0 aliphatic carbocycles. The third-order valence-corrected chi connectivity index (χ3v) is 5.29. The van der Waals surface area contributed by atoms with Crippen molar-refractivity contribution in [3.63, 3.8) is 0 Å². The zero-order valence-electron chi connectivity index (χ0n) is 17.2. The molecule has 1 unspecified atom stereocenters. The second-order valence-corrected chi connectivity index (χ2v) is 7.42. The van der Waals surface area contributed by atoms with Crippen LogP contribution in [0.3, 0.4) is 0 Å². The lowest BCUT2D eigenvalue weighted by atomic mass is 9.96. The van der Waals surface area contributed by atoms with Crippen molar-refractivity contribution in [3.05, 3.63) is 77.9 Å². The number of anilines is 1. The lowest BCUT2D eigenvalue weighted by Crippen LogP contribution is -2.16. The highest BCUT2D eigenvalue weighted by Crippen LogP contribution is 2.32. The highest BCUT2D eigenvalue weighted by atomic mass is 19.4. The van der Waals surface area contributed by atoms with E-state index in [4.69, 9.17) is 0 Å². The number of hydrogen-bond donors (Lipinski definition) is 1. The number of benzene rings is 1. The van der Waals surface area contributed by atoms with E-state index >= 15 is 0 Å². The van der Waals surface area contributed by atoms with Crippen LogP contribution in [0.4, 0.5) is 19.0 Å². The molecule has 4 rings (SSSR count). The Morgan fingerprint density at radius 1 is 1.10 bits per heavy atom. The van der Waals surface area contributed by atoms with Gasteiger partial charge in [0.1, 0.15) is 11.5 Å². The lowest BCUT2D eigenvalue weighted by molar-refractivity contribution is -0.141. The Labute approximate surface area is 178 Å². The predicted molar refractivity (Wildman–Crippen MR) is 114 cm³/mol. The van der Waals surface area contributed by atoms with Gasteiger partial charge in [0.15, 0.2) is 11.5 Å². The van der Waals surface area contributed by atoms with Gasteiger partial charge in [0.05, 0.1) is 0 Å². The van der Waals surface area contributed by atoms with E-state index in [1.165, 1.54) is 0 Å². The first-order valence-corrected chi connectivity index (χ1v) is 10.0. The molecule has 3 aromatic heterocycles. The van der Waals surface area contributed by atoms with Gasteiger partial charge in [-0.25, -0.2) is 15.0 Å². The molecule has 3 heterocycles. The normalized spacial score (nSPS) is 12.8. The van der Waals surface area contributed by atoms with Crippen LogP contribution < -0.4 is 5.32 Å². The van der Waals surface area contributed by atoms with Crippen molar-refractivity contribution >= 4 is 11.5 Å². The lowest BCUT2D eigenvalue weighted by Gasteiger charge is -2.18. The van der Waals surface area contributed by atoms with Crippen LogP contribution in [0.15, 0.2) is 61.1 Å². The minimum absolute atomic E-state index is 0.0261. The van der Waals surface area contributed by atoms with E-state index in [-0.39, 0.29) is 17.6 Å². The molecule has 1 atom stereocenters. The fourth-order valence-electron chi connectivity index (χ4n) is 3.55. The van der Waals surface area contributed by atoms with Gasteiger partial charge in [-0.05, 0) is 30.5 Å². The third-order valence-electron chi connectivity index (χ3n) is 5.29. The fourth-order valence-corrected chi connectivity index (χ4v) is 3.55. The number of halogens is 3. The average Bonchev–Trinajstić information content (AvgIpc) is 3.21.